The second kappa shape index (κ2) is 5.88. The van der Waals surface area contributed by atoms with Gasteiger partial charge in [-0.25, -0.2) is 9.18 Å². The molecule has 7 heteroatoms. The molecule has 0 aliphatic rings. The van der Waals surface area contributed by atoms with Crippen molar-refractivity contribution in [1.29, 1.82) is 0 Å². The zero-order valence-electron chi connectivity index (χ0n) is 12.1. The molecule has 3 rings (SSSR count). The zero-order chi connectivity index (χ0) is 16.4. The van der Waals surface area contributed by atoms with Gasteiger partial charge in [0.15, 0.2) is 5.69 Å². The number of aromatic nitrogens is 2. The Morgan fingerprint density at radius 1 is 1.22 bits per heavy atom. The summed E-state index contributed by atoms with van der Waals surface area (Å²) in [4.78, 5) is 23.8. The van der Waals surface area contributed by atoms with Crippen LogP contribution in [0.25, 0.3) is 10.9 Å². The lowest BCUT2D eigenvalue weighted by molar-refractivity contribution is 0.0596. The third kappa shape index (κ3) is 2.76. The molecule has 0 atom stereocenters. The van der Waals surface area contributed by atoms with Crippen LogP contribution >= 0.6 is 0 Å². The Kier molecular flexibility index (Phi) is 3.76. The van der Waals surface area contributed by atoms with Crippen molar-refractivity contribution in [2.75, 3.05) is 12.4 Å². The van der Waals surface area contributed by atoms with Crippen LogP contribution in [0.1, 0.15) is 20.8 Å². The van der Waals surface area contributed by atoms with E-state index in [1.165, 1.54) is 25.3 Å². The van der Waals surface area contributed by atoms with Gasteiger partial charge in [-0.3, -0.25) is 9.89 Å². The lowest BCUT2D eigenvalue weighted by Gasteiger charge is -2.06. The number of esters is 1. The van der Waals surface area contributed by atoms with E-state index >= 15 is 0 Å². The number of fused-ring (bicyclic) bond motifs is 1. The smallest absolute Gasteiger partial charge is 0.359 e. The predicted molar refractivity (Wildman–Crippen MR) is 81.8 cm³/mol. The fourth-order valence-corrected chi connectivity index (χ4v) is 2.19. The van der Waals surface area contributed by atoms with Gasteiger partial charge in [0, 0.05) is 11.1 Å². The number of hydrogen-bond acceptors (Lipinski definition) is 4. The lowest BCUT2D eigenvalue weighted by Crippen LogP contribution is -2.13. The van der Waals surface area contributed by atoms with Gasteiger partial charge in [-0.1, -0.05) is 12.1 Å². The monoisotopic (exact) mass is 313 g/mol. The predicted octanol–water partition coefficient (Wildman–Crippen LogP) is 2.74. The molecule has 0 aliphatic heterocycles. The Balaban J connectivity index is 1.93. The van der Waals surface area contributed by atoms with Gasteiger partial charge in [-0.15, -0.1) is 0 Å². The van der Waals surface area contributed by atoms with Crippen LogP contribution in [0.4, 0.5) is 10.1 Å². The van der Waals surface area contributed by atoms with Gasteiger partial charge < -0.3 is 10.1 Å². The van der Waals surface area contributed by atoms with Gasteiger partial charge in [0.05, 0.1) is 18.2 Å². The Bertz CT molecular complexity index is 904. The normalized spacial score (nSPS) is 10.5. The minimum atomic E-state index is -0.607. The van der Waals surface area contributed by atoms with E-state index < -0.39 is 17.7 Å². The first-order valence-electron chi connectivity index (χ1n) is 6.72. The Morgan fingerprint density at radius 2 is 2.00 bits per heavy atom. The second-order valence-corrected chi connectivity index (χ2v) is 4.76. The third-order valence-corrected chi connectivity index (χ3v) is 3.32. The summed E-state index contributed by atoms with van der Waals surface area (Å²) < 4.78 is 18.3. The summed E-state index contributed by atoms with van der Waals surface area (Å²) >= 11 is 0. The number of hydrogen-bond donors (Lipinski definition) is 2. The van der Waals surface area contributed by atoms with Crippen LogP contribution in [-0.2, 0) is 4.74 Å². The summed E-state index contributed by atoms with van der Waals surface area (Å²) in [5.74, 6) is -1.77. The lowest BCUT2D eigenvalue weighted by atomic mass is 10.1. The number of anilines is 1. The zero-order valence-corrected chi connectivity index (χ0v) is 12.1. The summed E-state index contributed by atoms with van der Waals surface area (Å²) in [6.07, 6.45) is 0. The molecule has 2 aromatic carbocycles. The molecule has 0 aliphatic carbocycles. The van der Waals surface area contributed by atoms with Crippen molar-refractivity contribution in [2.45, 2.75) is 0 Å². The number of ether oxygens (including phenoxy) is 1. The first-order valence-corrected chi connectivity index (χ1v) is 6.72. The van der Waals surface area contributed by atoms with Crippen molar-refractivity contribution in [3.05, 3.63) is 59.5 Å². The molecule has 0 bridgehead atoms. The molecule has 3 aromatic rings. The number of methoxy groups -OCH3 is 1. The molecule has 0 saturated carbocycles. The number of carbonyl (C=O) groups is 2. The van der Waals surface area contributed by atoms with Crippen LogP contribution in [0.2, 0.25) is 0 Å². The molecule has 6 nitrogen and oxygen atoms in total. The quantitative estimate of drug-likeness (QED) is 0.728. The van der Waals surface area contributed by atoms with E-state index in [2.05, 4.69) is 20.3 Å². The molecule has 0 spiro atoms. The maximum atomic E-state index is 13.6. The fourth-order valence-electron chi connectivity index (χ4n) is 2.19. The van der Waals surface area contributed by atoms with E-state index in [1.807, 2.05) is 0 Å². The molecule has 0 fully saturated rings. The fraction of sp³-hybridized carbons (Fsp3) is 0.0625. The molecule has 23 heavy (non-hydrogen) atoms. The topological polar surface area (TPSA) is 84.1 Å². The Labute approximate surface area is 130 Å². The van der Waals surface area contributed by atoms with E-state index in [-0.39, 0.29) is 11.3 Å². The van der Waals surface area contributed by atoms with Crippen LogP contribution < -0.4 is 5.32 Å². The summed E-state index contributed by atoms with van der Waals surface area (Å²) in [5.41, 5.74) is 1.09. The highest BCUT2D eigenvalue weighted by Gasteiger charge is 2.16. The van der Waals surface area contributed by atoms with Crippen molar-refractivity contribution in [1.82, 2.24) is 10.2 Å². The van der Waals surface area contributed by atoms with Gasteiger partial charge in [-0.05, 0) is 30.3 Å². The van der Waals surface area contributed by atoms with Crippen molar-refractivity contribution in [3.8, 4) is 0 Å². The van der Waals surface area contributed by atoms with Crippen LogP contribution in [0.3, 0.4) is 0 Å². The summed E-state index contributed by atoms with van der Waals surface area (Å²) in [5, 5.41) is 9.68. The van der Waals surface area contributed by atoms with Crippen LogP contribution in [0, 0.1) is 5.82 Å². The van der Waals surface area contributed by atoms with Crippen molar-refractivity contribution >= 4 is 28.5 Å². The van der Waals surface area contributed by atoms with Crippen LogP contribution in [-0.4, -0.2) is 29.2 Å². The number of nitrogens with zero attached hydrogens (tertiary/aromatic N) is 1. The van der Waals surface area contributed by atoms with Gasteiger partial charge >= 0.3 is 5.97 Å². The summed E-state index contributed by atoms with van der Waals surface area (Å²) in [7, 11) is 1.26. The molecule has 2 N–H and O–H groups in total. The van der Waals surface area contributed by atoms with E-state index in [4.69, 9.17) is 0 Å². The van der Waals surface area contributed by atoms with Crippen molar-refractivity contribution in [2.24, 2.45) is 0 Å². The number of rotatable bonds is 3. The van der Waals surface area contributed by atoms with E-state index in [0.717, 1.165) is 0 Å². The van der Waals surface area contributed by atoms with E-state index in [1.54, 1.807) is 24.3 Å². The van der Waals surface area contributed by atoms with Crippen LogP contribution in [0.15, 0.2) is 42.5 Å². The average molecular weight is 313 g/mol. The highest BCUT2D eigenvalue weighted by molar-refractivity contribution is 6.07. The molecular formula is C16H12FN3O3. The molecule has 1 heterocycles. The highest BCUT2D eigenvalue weighted by Crippen LogP contribution is 2.22. The molecular weight excluding hydrogens is 301 g/mol. The molecule has 116 valence electrons. The maximum absolute atomic E-state index is 13.6. The summed E-state index contributed by atoms with van der Waals surface area (Å²) in [6.45, 7) is 0. The number of halogens is 1. The SMILES string of the molecule is COC(=O)c1n[nH]c2ccc(NC(=O)c3ccccc3F)cc12. The molecule has 0 unspecified atom stereocenters. The number of aromatic amines is 1. The standard InChI is InChI=1S/C16H12FN3O3/c1-23-16(22)14-11-8-9(6-7-13(11)19-20-14)18-15(21)10-4-2-3-5-12(10)17/h2-8H,1H3,(H,18,21)(H,19,20). The largest absolute Gasteiger partial charge is 0.464 e. The molecule has 1 amide bonds. The number of nitrogens with one attached hydrogen (secondary N) is 2. The average Bonchev–Trinajstić information content (AvgIpc) is 2.97. The maximum Gasteiger partial charge on any atom is 0.359 e. The van der Waals surface area contributed by atoms with Gasteiger partial charge in [0.2, 0.25) is 0 Å². The number of benzene rings is 2. The van der Waals surface area contributed by atoms with Gasteiger partial charge in [0.1, 0.15) is 5.82 Å². The molecule has 0 radical (unpaired) electrons. The molecule has 0 saturated heterocycles. The van der Waals surface area contributed by atoms with Gasteiger partial charge in [-0.2, -0.15) is 5.10 Å². The second-order valence-electron chi connectivity index (χ2n) is 4.76. The van der Waals surface area contributed by atoms with Crippen molar-refractivity contribution < 1.29 is 18.7 Å². The minimum absolute atomic E-state index is 0.0621. The third-order valence-electron chi connectivity index (χ3n) is 3.32. The first-order chi connectivity index (χ1) is 11.1. The number of amides is 1. The van der Waals surface area contributed by atoms with E-state index in [9.17, 15) is 14.0 Å². The first kappa shape index (κ1) is 14.7. The van der Waals surface area contributed by atoms with Crippen molar-refractivity contribution in [3.63, 3.8) is 0 Å². The minimum Gasteiger partial charge on any atom is -0.464 e. The Hall–Kier alpha value is -3.22. The molecule has 1 aromatic heterocycles. The van der Waals surface area contributed by atoms with Crippen LogP contribution in [0.5, 0.6) is 0 Å². The Morgan fingerprint density at radius 3 is 2.74 bits per heavy atom. The number of H-pyrrole nitrogens is 1. The summed E-state index contributed by atoms with van der Waals surface area (Å²) in [6, 6.07) is 10.5. The highest BCUT2D eigenvalue weighted by atomic mass is 19.1. The van der Waals surface area contributed by atoms with Gasteiger partial charge in [0.25, 0.3) is 5.91 Å². The number of carbonyl (C=O) groups excluding carboxylic acids is 2. The van der Waals surface area contributed by atoms with E-state index in [0.29, 0.717) is 16.6 Å².